The molecule has 0 unspecified atom stereocenters. The molecule has 1 heterocycles. The van der Waals surface area contributed by atoms with E-state index in [0.29, 0.717) is 12.2 Å². The van der Waals surface area contributed by atoms with Crippen molar-refractivity contribution in [3.63, 3.8) is 0 Å². The van der Waals surface area contributed by atoms with E-state index in [9.17, 15) is 4.79 Å². The van der Waals surface area contributed by atoms with Crippen molar-refractivity contribution < 1.29 is 9.53 Å². The summed E-state index contributed by atoms with van der Waals surface area (Å²) in [6.07, 6.45) is 1.74. The Balaban J connectivity index is 2.07. The van der Waals surface area contributed by atoms with Gasteiger partial charge in [-0.1, -0.05) is 0 Å². The second-order valence-corrected chi connectivity index (χ2v) is 5.21. The van der Waals surface area contributed by atoms with Crippen molar-refractivity contribution in [2.45, 2.75) is 20.5 Å². The SMILES string of the molecule is CC(=O)c1ccc(OCc2ccc(Br)cn2)c(C)c1. The molecule has 0 fully saturated rings. The number of hydrogen-bond acceptors (Lipinski definition) is 3. The Hall–Kier alpha value is -1.68. The number of pyridine rings is 1. The zero-order valence-electron chi connectivity index (χ0n) is 10.8. The van der Waals surface area contributed by atoms with Crippen LogP contribution >= 0.6 is 15.9 Å². The number of aromatic nitrogens is 1. The average molecular weight is 320 g/mol. The third kappa shape index (κ3) is 3.64. The minimum Gasteiger partial charge on any atom is -0.487 e. The van der Waals surface area contributed by atoms with E-state index in [-0.39, 0.29) is 5.78 Å². The van der Waals surface area contributed by atoms with E-state index >= 15 is 0 Å². The zero-order chi connectivity index (χ0) is 13.8. The number of halogens is 1. The molecule has 98 valence electrons. The summed E-state index contributed by atoms with van der Waals surface area (Å²) in [4.78, 5) is 15.5. The standard InChI is InChI=1S/C15H14BrNO2/c1-10-7-12(11(2)18)3-6-15(10)19-9-14-5-4-13(16)8-17-14/h3-8H,9H2,1-2H3. The van der Waals surface area contributed by atoms with E-state index in [2.05, 4.69) is 20.9 Å². The van der Waals surface area contributed by atoms with Crippen molar-refractivity contribution in [2.24, 2.45) is 0 Å². The lowest BCUT2D eigenvalue weighted by atomic mass is 10.1. The zero-order valence-corrected chi connectivity index (χ0v) is 12.4. The monoisotopic (exact) mass is 319 g/mol. The third-order valence-corrected chi connectivity index (χ3v) is 3.21. The largest absolute Gasteiger partial charge is 0.487 e. The predicted octanol–water partition coefficient (Wildman–Crippen LogP) is 3.93. The lowest BCUT2D eigenvalue weighted by Gasteiger charge is -2.09. The summed E-state index contributed by atoms with van der Waals surface area (Å²) in [6.45, 7) is 3.89. The van der Waals surface area contributed by atoms with E-state index in [0.717, 1.165) is 21.5 Å². The molecular formula is C15H14BrNO2. The molecule has 0 saturated carbocycles. The Morgan fingerprint density at radius 1 is 1.32 bits per heavy atom. The van der Waals surface area contributed by atoms with Crippen molar-refractivity contribution in [3.8, 4) is 5.75 Å². The van der Waals surface area contributed by atoms with Crippen molar-refractivity contribution in [1.82, 2.24) is 4.98 Å². The van der Waals surface area contributed by atoms with Gasteiger partial charge in [-0.3, -0.25) is 9.78 Å². The van der Waals surface area contributed by atoms with Gasteiger partial charge in [-0.25, -0.2) is 0 Å². The van der Waals surface area contributed by atoms with Gasteiger partial charge in [0, 0.05) is 16.2 Å². The molecular weight excluding hydrogens is 306 g/mol. The highest BCUT2D eigenvalue weighted by Gasteiger charge is 2.05. The molecule has 3 nitrogen and oxygen atoms in total. The van der Waals surface area contributed by atoms with Crippen LogP contribution in [-0.2, 0) is 6.61 Å². The Labute approximate surface area is 120 Å². The number of ketones is 1. The predicted molar refractivity (Wildman–Crippen MR) is 77.5 cm³/mol. The highest BCUT2D eigenvalue weighted by Crippen LogP contribution is 2.20. The lowest BCUT2D eigenvalue weighted by Crippen LogP contribution is -2.00. The first-order chi connectivity index (χ1) is 9.06. The van der Waals surface area contributed by atoms with Gasteiger partial charge in [-0.15, -0.1) is 0 Å². The maximum atomic E-state index is 11.3. The number of carbonyl (C=O) groups is 1. The molecule has 0 amide bonds. The van der Waals surface area contributed by atoms with Crippen molar-refractivity contribution in [2.75, 3.05) is 0 Å². The molecule has 0 bridgehead atoms. The van der Waals surface area contributed by atoms with Gasteiger partial charge in [0.1, 0.15) is 12.4 Å². The van der Waals surface area contributed by atoms with Gasteiger partial charge < -0.3 is 4.74 Å². The summed E-state index contributed by atoms with van der Waals surface area (Å²) in [5.41, 5.74) is 2.51. The van der Waals surface area contributed by atoms with Crippen LogP contribution < -0.4 is 4.74 Å². The fraction of sp³-hybridized carbons (Fsp3) is 0.200. The first-order valence-corrected chi connectivity index (χ1v) is 6.70. The summed E-state index contributed by atoms with van der Waals surface area (Å²) < 4.78 is 6.65. The van der Waals surface area contributed by atoms with E-state index in [4.69, 9.17) is 4.74 Å². The van der Waals surface area contributed by atoms with Crippen LogP contribution in [-0.4, -0.2) is 10.8 Å². The highest BCUT2D eigenvalue weighted by molar-refractivity contribution is 9.10. The Bertz CT molecular complexity index is 594. The topological polar surface area (TPSA) is 39.2 Å². The van der Waals surface area contributed by atoms with Crippen molar-refractivity contribution >= 4 is 21.7 Å². The van der Waals surface area contributed by atoms with Crippen molar-refractivity contribution in [3.05, 3.63) is 57.8 Å². The van der Waals surface area contributed by atoms with Crippen LogP contribution in [0.4, 0.5) is 0 Å². The number of hydrogen-bond donors (Lipinski definition) is 0. The van der Waals surface area contributed by atoms with Crippen LogP contribution in [0.3, 0.4) is 0 Å². The molecule has 1 aromatic heterocycles. The van der Waals surface area contributed by atoms with E-state index in [1.165, 1.54) is 0 Å². The fourth-order valence-electron chi connectivity index (χ4n) is 1.67. The summed E-state index contributed by atoms with van der Waals surface area (Å²) in [5, 5.41) is 0. The number of carbonyl (C=O) groups excluding carboxylic acids is 1. The first kappa shape index (κ1) is 13.7. The number of rotatable bonds is 4. The maximum Gasteiger partial charge on any atom is 0.159 e. The molecule has 0 aliphatic rings. The van der Waals surface area contributed by atoms with Gasteiger partial charge >= 0.3 is 0 Å². The second kappa shape index (κ2) is 5.97. The normalized spacial score (nSPS) is 10.3. The maximum absolute atomic E-state index is 11.3. The lowest BCUT2D eigenvalue weighted by molar-refractivity contribution is 0.101. The van der Waals surface area contributed by atoms with Gasteiger partial charge in [0.05, 0.1) is 5.69 Å². The van der Waals surface area contributed by atoms with Crippen LogP contribution in [0.2, 0.25) is 0 Å². The van der Waals surface area contributed by atoms with Crippen LogP contribution in [0.1, 0.15) is 28.5 Å². The number of ether oxygens (including phenoxy) is 1. The highest BCUT2D eigenvalue weighted by atomic mass is 79.9. The van der Waals surface area contributed by atoms with E-state index < -0.39 is 0 Å². The number of nitrogens with zero attached hydrogens (tertiary/aromatic N) is 1. The molecule has 0 spiro atoms. The molecule has 19 heavy (non-hydrogen) atoms. The van der Waals surface area contributed by atoms with E-state index in [1.54, 1.807) is 19.2 Å². The van der Waals surface area contributed by atoms with E-state index in [1.807, 2.05) is 31.2 Å². The first-order valence-electron chi connectivity index (χ1n) is 5.91. The average Bonchev–Trinajstić information content (AvgIpc) is 2.39. The smallest absolute Gasteiger partial charge is 0.159 e. The molecule has 0 aliphatic carbocycles. The second-order valence-electron chi connectivity index (χ2n) is 4.29. The van der Waals surface area contributed by atoms with Gasteiger partial charge in [-0.2, -0.15) is 0 Å². The molecule has 2 aromatic rings. The third-order valence-electron chi connectivity index (χ3n) is 2.75. The molecule has 0 N–H and O–H groups in total. The van der Waals surface area contributed by atoms with Crippen molar-refractivity contribution in [1.29, 1.82) is 0 Å². The molecule has 0 aliphatic heterocycles. The Morgan fingerprint density at radius 2 is 2.11 bits per heavy atom. The summed E-state index contributed by atoms with van der Waals surface area (Å²) in [6, 6.07) is 9.28. The summed E-state index contributed by atoms with van der Waals surface area (Å²) in [7, 11) is 0. The number of Topliss-reactive ketones (excluding diaryl/α,β-unsaturated/α-hetero) is 1. The summed E-state index contributed by atoms with van der Waals surface area (Å²) >= 11 is 3.34. The molecule has 4 heteroatoms. The van der Waals surface area contributed by atoms with Gasteiger partial charge in [0.2, 0.25) is 0 Å². The van der Waals surface area contributed by atoms with Gasteiger partial charge in [0.25, 0.3) is 0 Å². The molecule has 0 atom stereocenters. The van der Waals surface area contributed by atoms with Crippen LogP contribution in [0.25, 0.3) is 0 Å². The van der Waals surface area contributed by atoms with Gasteiger partial charge in [-0.05, 0) is 65.7 Å². The Morgan fingerprint density at radius 3 is 2.68 bits per heavy atom. The summed E-state index contributed by atoms with van der Waals surface area (Å²) in [5.74, 6) is 0.832. The molecule has 2 rings (SSSR count). The molecule has 1 aromatic carbocycles. The quantitative estimate of drug-likeness (QED) is 0.801. The Kier molecular flexibility index (Phi) is 4.32. The van der Waals surface area contributed by atoms with Crippen LogP contribution in [0, 0.1) is 6.92 Å². The number of aryl methyl sites for hydroxylation is 1. The number of benzene rings is 1. The minimum atomic E-state index is 0.0595. The molecule has 0 radical (unpaired) electrons. The fourth-order valence-corrected chi connectivity index (χ4v) is 1.91. The van der Waals surface area contributed by atoms with Crippen LogP contribution in [0.5, 0.6) is 5.75 Å². The van der Waals surface area contributed by atoms with Crippen LogP contribution in [0.15, 0.2) is 41.0 Å². The molecule has 0 saturated heterocycles. The minimum absolute atomic E-state index is 0.0595. The van der Waals surface area contributed by atoms with Gasteiger partial charge in [0.15, 0.2) is 5.78 Å².